The van der Waals surface area contributed by atoms with Crippen molar-refractivity contribution >= 4 is 23.6 Å². The Morgan fingerprint density at radius 2 is 1.96 bits per heavy atom. The third-order valence-electron chi connectivity index (χ3n) is 4.41. The van der Waals surface area contributed by atoms with Gasteiger partial charge in [-0.15, -0.1) is 0 Å². The van der Waals surface area contributed by atoms with E-state index < -0.39 is 11.8 Å². The maximum atomic E-state index is 14.7. The molecule has 0 aliphatic carbocycles. The zero-order chi connectivity index (χ0) is 19.6. The van der Waals surface area contributed by atoms with Gasteiger partial charge in [0, 0.05) is 16.2 Å². The molecule has 0 unspecified atom stereocenters. The molecule has 0 fully saturated rings. The highest BCUT2D eigenvalue weighted by Crippen LogP contribution is 2.31. The molecule has 0 spiro atoms. The molecular weight excluding hydrogens is 355 g/mol. The second-order valence-electron chi connectivity index (χ2n) is 6.72. The van der Waals surface area contributed by atoms with Gasteiger partial charge in [0.1, 0.15) is 11.6 Å². The summed E-state index contributed by atoms with van der Waals surface area (Å²) in [6.07, 6.45) is 1.70. The molecule has 0 amide bonds. The van der Waals surface area contributed by atoms with E-state index in [4.69, 9.17) is 16.7 Å². The lowest BCUT2D eigenvalue weighted by molar-refractivity contribution is -0.132. The molecule has 2 aromatic rings. The molecule has 2 rings (SSSR count). The van der Waals surface area contributed by atoms with Crippen LogP contribution in [0.2, 0.25) is 5.02 Å². The van der Waals surface area contributed by atoms with Crippen molar-refractivity contribution in [2.24, 2.45) is 0 Å². The van der Waals surface area contributed by atoms with Crippen molar-refractivity contribution in [2.45, 2.75) is 40.0 Å². The van der Waals surface area contributed by atoms with Crippen molar-refractivity contribution in [3.05, 3.63) is 68.5 Å². The van der Waals surface area contributed by atoms with E-state index in [1.165, 1.54) is 19.1 Å². The molecule has 0 atom stereocenters. The zero-order valence-corrected chi connectivity index (χ0v) is 16.0. The lowest BCUT2D eigenvalue weighted by atomic mass is 9.94. The maximum Gasteiger partial charge on any atom is 0.331 e. The van der Waals surface area contributed by atoms with Crippen LogP contribution in [0.15, 0.2) is 29.8 Å². The average molecular weight is 377 g/mol. The van der Waals surface area contributed by atoms with Gasteiger partial charge in [-0.2, -0.15) is 0 Å². The Balaban J connectivity index is 2.46. The Kier molecular flexibility index (Phi) is 6.09. The average Bonchev–Trinajstić information content (AvgIpc) is 2.57. The van der Waals surface area contributed by atoms with E-state index in [-0.39, 0.29) is 22.8 Å². The SMILES string of the molecule is C/C(=C\c1cc(Cl)c(Cc2ccc(O)c(C(C)C)c2)c(C)c1F)C(=O)O. The van der Waals surface area contributed by atoms with Gasteiger partial charge in [0.2, 0.25) is 0 Å². The highest BCUT2D eigenvalue weighted by atomic mass is 35.5. The number of rotatable bonds is 5. The van der Waals surface area contributed by atoms with Crippen LogP contribution in [0.3, 0.4) is 0 Å². The fourth-order valence-corrected chi connectivity index (χ4v) is 3.14. The number of benzene rings is 2. The highest BCUT2D eigenvalue weighted by molar-refractivity contribution is 6.31. The van der Waals surface area contributed by atoms with E-state index in [2.05, 4.69) is 0 Å². The monoisotopic (exact) mass is 376 g/mol. The van der Waals surface area contributed by atoms with Gasteiger partial charge in [-0.25, -0.2) is 9.18 Å². The van der Waals surface area contributed by atoms with Gasteiger partial charge < -0.3 is 10.2 Å². The van der Waals surface area contributed by atoms with Gasteiger partial charge in [0.05, 0.1) is 0 Å². The van der Waals surface area contributed by atoms with E-state index in [0.29, 0.717) is 22.6 Å². The number of hydrogen-bond donors (Lipinski definition) is 2. The van der Waals surface area contributed by atoms with E-state index in [1.807, 2.05) is 19.9 Å². The highest BCUT2D eigenvalue weighted by Gasteiger charge is 2.16. The van der Waals surface area contributed by atoms with Gasteiger partial charge in [0.25, 0.3) is 0 Å². The molecule has 0 aromatic heterocycles. The Hall–Kier alpha value is -2.33. The second-order valence-corrected chi connectivity index (χ2v) is 7.13. The van der Waals surface area contributed by atoms with Crippen LogP contribution in [0.4, 0.5) is 4.39 Å². The summed E-state index contributed by atoms with van der Waals surface area (Å²) in [5.74, 6) is -1.18. The van der Waals surface area contributed by atoms with Gasteiger partial charge >= 0.3 is 5.97 Å². The van der Waals surface area contributed by atoms with Crippen molar-refractivity contribution in [1.29, 1.82) is 0 Å². The summed E-state index contributed by atoms with van der Waals surface area (Å²) < 4.78 is 14.7. The van der Waals surface area contributed by atoms with E-state index in [9.17, 15) is 14.3 Å². The van der Waals surface area contributed by atoms with E-state index in [1.54, 1.807) is 19.1 Å². The molecule has 0 radical (unpaired) electrons. The predicted octanol–water partition coefficient (Wildman–Crippen LogP) is 5.70. The molecule has 3 nitrogen and oxygen atoms in total. The fourth-order valence-electron chi connectivity index (χ4n) is 2.81. The number of phenols is 1. The molecule has 26 heavy (non-hydrogen) atoms. The number of carboxylic acids is 1. The van der Waals surface area contributed by atoms with Crippen molar-refractivity contribution in [1.82, 2.24) is 0 Å². The lowest BCUT2D eigenvalue weighted by Gasteiger charge is -2.14. The van der Waals surface area contributed by atoms with Crippen LogP contribution in [0.25, 0.3) is 6.08 Å². The van der Waals surface area contributed by atoms with Crippen LogP contribution < -0.4 is 0 Å². The van der Waals surface area contributed by atoms with Crippen molar-refractivity contribution < 1.29 is 19.4 Å². The summed E-state index contributed by atoms with van der Waals surface area (Å²) in [6, 6.07) is 6.78. The topological polar surface area (TPSA) is 57.5 Å². The van der Waals surface area contributed by atoms with Crippen LogP contribution >= 0.6 is 11.6 Å². The molecule has 138 valence electrons. The van der Waals surface area contributed by atoms with Crippen molar-refractivity contribution in [2.75, 3.05) is 0 Å². The Labute approximate surface area is 157 Å². The van der Waals surface area contributed by atoms with Gasteiger partial charge in [-0.3, -0.25) is 0 Å². The molecular formula is C21H22ClFO3. The second kappa shape index (κ2) is 7.92. The minimum atomic E-state index is -1.10. The van der Waals surface area contributed by atoms with Crippen LogP contribution in [-0.4, -0.2) is 16.2 Å². The molecule has 0 bridgehead atoms. The Morgan fingerprint density at radius 3 is 2.54 bits per heavy atom. The predicted molar refractivity (Wildman–Crippen MR) is 102 cm³/mol. The first-order valence-corrected chi connectivity index (χ1v) is 8.70. The Bertz CT molecular complexity index is 885. The number of aromatic hydroxyl groups is 1. The van der Waals surface area contributed by atoms with E-state index >= 15 is 0 Å². The van der Waals surface area contributed by atoms with E-state index in [0.717, 1.165) is 11.1 Å². The zero-order valence-electron chi connectivity index (χ0n) is 15.2. The molecule has 0 aliphatic heterocycles. The van der Waals surface area contributed by atoms with Crippen LogP contribution in [-0.2, 0) is 11.2 Å². The standard InChI is InChI=1S/C21H22ClFO3/c1-11(2)16-8-14(5-6-19(16)24)9-17-13(4)20(23)15(10-18(17)22)7-12(3)21(25)26/h5-8,10-11,24H,9H2,1-4H3,(H,25,26)/b12-7+. The largest absolute Gasteiger partial charge is 0.508 e. The smallest absolute Gasteiger partial charge is 0.331 e. The summed E-state index contributed by atoms with van der Waals surface area (Å²) in [7, 11) is 0. The first-order valence-electron chi connectivity index (χ1n) is 8.32. The summed E-state index contributed by atoms with van der Waals surface area (Å²) >= 11 is 6.36. The number of phenolic OH excluding ortho intramolecular Hbond substituents is 1. The molecule has 2 N–H and O–H groups in total. The van der Waals surface area contributed by atoms with Gasteiger partial charge in [0.15, 0.2) is 0 Å². The van der Waals surface area contributed by atoms with Gasteiger partial charge in [-0.05, 0) is 66.6 Å². The number of halogens is 2. The molecule has 2 aromatic carbocycles. The minimum absolute atomic E-state index is 0.0345. The normalized spacial score (nSPS) is 11.9. The third kappa shape index (κ3) is 4.25. The lowest BCUT2D eigenvalue weighted by Crippen LogP contribution is -2.01. The first kappa shape index (κ1) is 20.0. The van der Waals surface area contributed by atoms with Crippen molar-refractivity contribution in [3.8, 4) is 5.75 Å². The number of hydrogen-bond acceptors (Lipinski definition) is 2. The third-order valence-corrected chi connectivity index (χ3v) is 4.75. The van der Waals surface area contributed by atoms with Gasteiger partial charge in [-0.1, -0.05) is 37.6 Å². The molecule has 0 saturated heterocycles. The number of carboxylic acid groups (broad SMARTS) is 1. The van der Waals surface area contributed by atoms with Crippen molar-refractivity contribution in [3.63, 3.8) is 0 Å². The first-order chi connectivity index (χ1) is 12.1. The molecule has 5 heteroatoms. The van der Waals surface area contributed by atoms with Crippen LogP contribution in [0.1, 0.15) is 54.5 Å². The summed E-state index contributed by atoms with van der Waals surface area (Å²) in [4.78, 5) is 11.0. The summed E-state index contributed by atoms with van der Waals surface area (Å²) in [5.41, 5.74) is 2.97. The molecule has 0 saturated carbocycles. The maximum absolute atomic E-state index is 14.7. The minimum Gasteiger partial charge on any atom is -0.508 e. The quantitative estimate of drug-likeness (QED) is 0.658. The number of carbonyl (C=O) groups is 1. The Morgan fingerprint density at radius 1 is 1.31 bits per heavy atom. The summed E-state index contributed by atoms with van der Waals surface area (Å²) in [6.45, 7) is 7.02. The number of aliphatic carboxylic acids is 1. The molecule has 0 heterocycles. The fraction of sp³-hybridized carbons (Fsp3) is 0.286. The summed E-state index contributed by atoms with van der Waals surface area (Å²) in [5, 5.41) is 19.3. The molecule has 0 aliphatic rings. The van der Waals surface area contributed by atoms with Crippen LogP contribution in [0, 0.1) is 12.7 Å². The van der Waals surface area contributed by atoms with Crippen LogP contribution in [0.5, 0.6) is 5.75 Å².